The Morgan fingerprint density at radius 3 is 2.39 bits per heavy atom. The SMILES string of the molecule is NC1CCC(NC(=O)CC(c2cc(Cl)cc(Cl)c2)c2cn(CC3CCCCC3)c3ccccc23)CC1. The quantitative estimate of drug-likeness (QED) is 0.336. The summed E-state index contributed by atoms with van der Waals surface area (Å²) in [7, 11) is 0. The molecule has 192 valence electrons. The molecule has 0 aliphatic heterocycles. The lowest BCUT2D eigenvalue weighted by atomic mass is 9.87. The lowest BCUT2D eigenvalue weighted by molar-refractivity contribution is -0.122. The fourth-order valence-electron chi connectivity index (χ4n) is 6.27. The molecule has 2 aliphatic carbocycles. The summed E-state index contributed by atoms with van der Waals surface area (Å²) in [6.45, 7) is 1.03. The van der Waals surface area contributed by atoms with Gasteiger partial charge in [-0.25, -0.2) is 0 Å². The Morgan fingerprint density at radius 2 is 1.67 bits per heavy atom. The van der Waals surface area contributed by atoms with Crippen LogP contribution in [-0.2, 0) is 11.3 Å². The molecule has 0 spiro atoms. The number of para-hydroxylation sites is 1. The first kappa shape index (κ1) is 25.6. The topological polar surface area (TPSA) is 60.0 Å². The van der Waals surface area contributed by atoms with Crippen LogP contribution in [0.2, 0.25) is 10.0 Å². The van der Waals surface area contributed by atoms with Gasteiger partial charge in [-0.1, -0.05) is 60.7 Å². The van der Waals surface area contributed by atoms with E-state index in [0.717, 1.165) is 37.8 Å². The zero-order chi connectivity index (χ0) is 25.1. The van der Waals surface area contributed by atoms with E-state index in [1.165, 1.54) is 48.6 Å². The normalized spacial score (nSPS) is 22.0. The molecule has 1 unspecified atom stereocenters. The second kappa shape index (κ2) is 11.6. The van der Waals surface area contributed by atoms with E-state index in [0.29, 0.717) is 22.4 Å². The first-order chi connectivity index (χ1) is 17.5. The van der Waals surface area contributed by atoms with Crippen LogP contribution in [0.4, 0.5) is 0 Å². The monoisotopic (exact) mass is 525 g/mol. The maximum Gasteiger partial charge on any atom is 0.221 e. The van der Waals surface area contributed by atoms with Gasteiger partial charge < -0.3 is 15.6 Å². The number of nitrogens with zero attached hydrogens (tertiary/aromatic N) is 1. The zero-order valence-corrected chi connectivity index (χ0v) is 22.4. The van der Waals surface area contributed by atoms with E-state index in [9.17, 15) is 4.79 Å². The molecule has 1 aromatic heterocycles. The molecule has 2 fully saturated rings. The fraction of sp³-hybridized carbons (Fsp3) is 0.500. The van der Waals surface area contributed by atoms with Crippen molar-refractivity contribution in [2.45, 2.75) is 88.8 Å². The third-order valence-corrected chi connectivity index (χ3v) is 8.62. The lowest BCUT2D eigenvalue weighted by Crippen LogP contribution is -2.40. The number of carbonyl (C=O) groups excluding carboxylic acids is 1. The number of nitrogens with one attached hydrogen (secondary N) is 1. The molecule has 6 heteroatoms. The van der Waals surface area contributed by atoms with E-state index in [-0.39, 0.29) is 23.9 Å². The van der Waals surface area contributed by atoms with E-state index in [1.807, 2.05) is 12.1 Å². The molecule has 1 amide bonds. The summed E-state index contributed by atoms with van der Waals surface area (Å²) in [5, 5.41) is 5.68. The van der Waals surface area contributed by atoms with Crippen LogP contribution in [-0.4, -0.2) is 22.6 Å². The summed E-state index contributed by atoms with van der Waals surface area (Å²) in [5.74, 6) is 0.646. The van der Waals surface area contributed by atoms with Crippen molar-refractivity contribution in [3.05, 3.63) is 69.8 Å². The molecule has 36 heavy (non-hydrogen) atoms. The van der Waals surface area contributed by atoms with Gasteiger partial charge in [0.2, 0.25) is 5.91 Å². The Labute approximate surface area is 224 Å². The van der Waals surface area contributed by atoms with Crippen molar-refractivity contribution in [3.8, 4) is 0 Å². The van der Waals surface area contributed by atoms with Crippen LogP contribution in [0.15, 0.2) is 48.7 Å². The number of amides is 1. The van der Waals surface area contributed by atoms with Crippen LogP contribution >= 0.6 is 23.2 Å². The van der Waals surface area contributed by atoms with Crippen LogP contribution < -0.4 is 11.1 Å². The predicted octanol–water partition coefficient (Wildman–Crippen LogP) is 7.44. The molecule has 3 aromatic rings. The minimum Gasteiger partial charge on any atom is -0.353 e. The molecule has 1 atom stereocenters. The van der Waals surface area contributed by atoms with Crippen LogP contribution in [0, 0.1) is 5.92 Å². The standard InChI is InChI=1S/C30H37Cl2N3O/c31-22-14-21(15-23(32)16-22)27(17-30(36)34-25-12-10-24(33)11-13-25)28-19-35(18-20-6-2-1-3-7-20)29-9-5-4-8-26(28)29/h4-5,8-9,14-16,19-20,24-25,27H,1-3,6-7,10-13,17-18,33H2,(H,34,36). The molecule has 0 bridgehead atoms. The summed E-state index contributed by atoms with van der Waals surface area (Å²) >= 11 is 12.9. The number of rotatable bonds is 7. The average Bonchev–Trinajstić information content (AvgIpc) is 3.22. The Morgan fingerprint density at radius 1 is 0.972 bits per heavy atom. The van der Waals surface area contributed by atoms with Crippen molar-refractivity contribution in [2.75, 3.05) is 0 Å². The summed E-state index contributed by atoms with van der Waals surface area (Å²) in [4.78, 5) is 13.4. The Bertz CT molecular complexity index is 1170. The van der Waals surface area contributed by atoms with Crippen LogP contribution in [0.25, 0.3) is 10.9 Å². The number of aromatic nitrogens is 1. The van der Waals surface area contributed by atoms with Crippen molar-refractivity contribution in [2.24, 2.45) is 11.7 Å². The second-order valence-electron chi connectivity index (χ2n) is 10.9. The van der Waals surface area contributed by atoms with Gasteiger partial charge in [-0.05, 0) is 79.8 Å². The second-order valence-corrected chi connectivity index (χ2v) is 11.8. The smallest absolute Gasteiger partial charge is 0.221 e. The molecule has 2 saturated carbocycles. The molecule has 0 saturated heterocycles. The minimum atomic E-state index is -0.135. The molecular formula is C30H37Cl2N3O. The highest BCUT2D eigenvalue weighted by atomic mass is 35.5. The lowest BCUT2D eigenvalue weighted by Gasteiger charge is -2.27. The van der Waals surface area contributed by atoms with E-state index < -0.39 is 0 Å². The number of hydrogen-bond donors (Lipinski definition) is 2. The Balaban J connectivity index is 1.47. The maximum atomic E-state index is 13.4. The molecule has 2 aliphatic rings. The summed E-state index contributed by atoms with van der Waals surface area (Å²) in [5.41, 5.74) is 9.45. The Hall–Kier alpha value is -2.01. The van der Waals surface area contributed by atoms with E-state index in [1.54, 1.807) is 6.07 Å². The molecular weight excluding hydrogens is 489 g/mol. The van der Waals surface area contributed by atoms with Gasteiger partial charge in [-0.15, -0.1) is 0 Å². The van der Waals surface area contributed by atoms with Gasteiger partial charge in [0.25, 0.3) is 0 Å². The third kappa shape index (κ3) is 6.10. The number of carbonyl (C=O) groups is 1. The molecule has 1 heterocycles. The van der Waals surface area contributed by atoms with Crippen LogP contribution in [0.5, 0.6) is 0 Å². The van der Waals surface area contributed by atoms with Crippen molar-refractivity contribution >= 4 is 40.0 Å². The van der Waals surface area contributed by atoms with Crippen molar-refractivity contribution < 1.29 is 4.79 Å². The summed E-state index contributed by atoms with van der Waals surface area (Å²) in [6, 6.07) is 14.7. The average molecular weight is 527 g/mol. The highest BCUT2D eigenvalue weighted by Gasteiger charge is 2.26. The number of hydrogen-bond acceptors (Lipinski definition) is 2. The molecule has 4 nitrogen and oxygen atoms in total. The largest absolute Gasteiger partial charge is 0.353 e. The van der Waals surface area contributed by atoms with E-state index >= 15 is 0 Å². The minimum absolute atomic E-state index is 0.0701. The molecule has 5 rings (SSSR count). The van der Waals surface area contributed by atoms with Crippen molar-refractivity contribution in [1.82, 2.24) is 9.88 Å². The van der Waals surface area contributed by atoms with Gasteiger partial charge in [0, 0.05) is 58.1 Å². The molecule has 0 radical (unpaired) electrons. The highest BCUT2D eigenvalue weighted by Crippen LogP contribution is 2.38. The van der Waals surface area contributed by atoms with E-state index in [4.69, 9.17) is 28.9 Å². The predicted molar refractivity (Wildman–Crippen MR) is 150 cm³/mol. The van der Waals surface area contributed by atoms with Crippen molar-refractivity contribution in [1.29, 1.82) is 0 Å². The fourth-order valence-corrected chi connectivity index (χ4v) is 6.81. The van der Waals surface area contributed by atoms with Crippen molar-refractivity contribution in [3.63, 3.8) is 0 Å². The third-order valence-electron chi connectivity index (χ3n) is 8.19. The number of benzene rings is 2. The van der Waals surface area contributed by atoms with E-state index in [2.05, 4.69) is 40.3 Å². The van der Waals surface area contributed by atoms with Gasteiger partial charge in [-0.2, -0.15) is 0 Å². The molecule has 3 N–H and O–H groups in total. The van der Waals surface area contributed by atoms with Gasteiger partial charge in [0.05, 0.1) is 0 Å². The van der Waals surface area contributed by atoms with Crippen LogP contribution in [0.1, 0.15) is 81.3 Å². The zero-order valence-electron chi connectivity index (χ0n) is 20.9. The van der Waals surface area contributed by atoms with Gasteiger partial charge in [0.15, 0.2) is 0 Å². The highest BCUT2D eigenvalue weighted by molar-refractivity contribution is 6.34. The number of nitrogens with two attached hydrogens (primary N) is 1. The van der Waals surface area contributed by atoms with Gasteiger partial charge in [0.1, 0.15) is 0 Å². The van der Waals surface area contributed by atoms with Crippen LogP contribution in [0.3, 0.4) is 0 Å². The Kier molecular flexibility index (Phi) is 8.25. The number of fused-ring (bicyclic) bond motifs is 1. The first-order valence-electron chi connectivity index (χ1n) is 13.5. The van der Waals surface area contributed by atoms with Gasteiger partial charge in [-0.3, -0.25) is 4.79 Å². The maximum absolute atomic E-state index is 13.4. The summed E-state index contributed by atoms with van der Waals surface area (Å²) < 4.78 is 2.42. The number of halogens is 2. The van der Waals surface area contributed by atoms with Gasteiger partial charge >= 0.3 is 0 Å². The molecule has 2 aromatic carbocycles. The summed E-state index contributed by atoms with van der Waals surface area (Å²) in [6.07, 6.45) is 13.1. The first-order valence-corrected chi connectivity index (χ1v) is 14.3.